The van der Waals surface area contributed by atoms with Gasteiger partial charge >= 0.3 is 0 Å². The van der Waals surface area contributed by atoms with Gasteiger partial charge in [-0.05, 0) is 49.2 Å². The number of benzene rings is 2. The molecule has 4 aromatic rings. The Morgan fingerprint density at radius 3 is 2.56 bits per heavy atom. The molecule has 1 aliphatic rings. The van der Waals surface area contributed by atoms with Gasteiger partial charge in [-0.2, -0.15) is 4.98 Å². The van der Waals surface area contributed by atoms with Gasteiger partial charge in [-0.25, -0.2) is 4.68 Å². The Bertz CT molecular complexity index is 1420. The number of nitrogens with zero attached hydrogens (tertiary/aromatic N) is 4. The van der Waals surface area contributed by atoms with E-state index in [2.05, 4.69) is 15.3 Å². The Morgan fingerprint density at radius 2 is 1.83 bits per heavy atom. The zero-order valence-corrected chi connectivity index (χ0v) is 20.0. The van der Waals surface area contributed by atoms with Crippen LogP contribution < -0.4 is 20.5 Å². The van der Waals surface area contributed by atoms with E-state index in [1.807, 2.05) is 67.6 Å². The third-order valence-corrected chi connectivity index (χ3v) is 5.88. The van der Waals surface area contributed by atoms with E-state index >= 15 is 0 Å². The molecule has 0 bridgehead atoms. The van der Waals surface area contributed by atoms with Gasteiger partial charge in [-0.15, -0.1) is 5.10 Å². The number of allylic oxidation sites excluding steroid dienone is 1. The molecule has 3 N–H and O–H groups in total. The molecule has 0 fully saturated rings. The minimum atomic E-state index is -0.593. The summed E-state index contributed by atoms with van der Waals surface area (Å²) in [4.78, 5) is 21.3. The van der Waals surface area contributed by atoms with Gasteiger partial charge in [0, 0.05) is 23.7 Å². The fraction of sp³-hybridized carbons (Fsp3) is 0.185. The number of ether oxygens (including phenoxy) is 2. The summed E-state index contributed by atoms with van der Waals surface area (Å²) >= 11 is 0. The molecule has 5 rings (SSSR count). The second-order valence-corrected chi connectivity index (χ2v) is 8.28. The van der Waals surface area contributed by atoms with Gasteiger partial charge in [-0.3, -0.25) is 9.78 Å². The average Bonchev–Trinajstić information content (AvgIpc) is 3.32. The van der Waals surface area contributed by atoms with Crippen molar-refractivity contribution >= 4 is 11.9 Å². The van der Waals surface area contributed by atoms with Gasteiger partial charge in [0.2, 0.25) is 11.9 Å². The van der Waals surface area contributed by atoms with Crippen molar-refractivity contribution in [3.8, 4) is 22.9 Å². The molecule has 0 spiro atoms. The quantitative estimate of drug-likeness (QED) is 0.388. The second kappa shape index (κ2) is 9.91. The summed E-state index contributed by atoms with van der Waals surface area (Å²) in [6, 6.07) is 18.6. The van der Waals surface area contributed by atoms with E-state index in [-0.39, 0.29) is 0 Å². The maximum absolute atomic E-state index is 12.6. The van der Waals surface area contributed by atoms with Crippen LogP contribution >= 0.6 is 0 Å². The average molecular weight is 483 g/mol. The monoisotopic (exact) mass is 482 g/mol. The van der Waals surface area contributed by atoms with Crippen molar-refractivity contribution in [2.24, 2.45) is 5.73 Å². The van der Waals surface area contributed by atoms with Crippen LogP contribution in [0.4, 0.5) is 5.95 Å². The summed E-state index contributed by atoms with van der Waals surface area (Å²) < 4.78 is 13.7. The Labute approximate surface area is 208 Å². The number of nitrogens with one attached hydrogen (secondary N) is 1. The molecule has 0 saturated carbocycles. The molecule has 1 unspecified atom stereocenters. The molecule has 182 valence electrons. The van der Waals surface area contributed by atoms with E-state index < -0.39 is 11.9 Å². The summed E-state index contributed by atoms with van der Waals surface area (Å²) in [6.07, 6.45) is 3.36. The van der Waals surface area contributed by atoms with Gasteiger partial charge in [0.15, 0.2) is 17.3 Å². The lowest BCUT2D eigenvalue weighted by atomic mass is 9.95. The Kier molecular flexibility index (Phi) is 6.36. The van der Waals surface area contributed by atoms with Crippen LogP contribution in [0, 0.1) is 0 Å². The zero-order valence-electron chi connectivity index (χ0n) is 20.0. The highest BCUT2D eigenvalue weighted by atomic mass is 16.5. The number of hydrogen-bond donors (Lipinski definition) is 2. The lowest BCUT2D eigenvalue weighted by Crippen LogP contribution is -2.31. The third kappa shape index (κ3) is 4.50. The molecule has 1 aliphatic heterocycles. The number of primary amides is 1. The zero-order chi connectivity index (χ0) is 25.1. The fourth-order valence-electron chi connectivity index (χ4n) is 4.22. The molecule has 2 aromatic heterocycles. The summed E-state index contributed by atoms with van der Waals surface area (Å²) in [5.41, 5.74) is 9.49. The van der Waals surface area contributed by atoms with Gasteiger partial charge in [0.05, 0.1) is 12.2 Å². The predicted molar refractivity (Wildman–Crippen MR) is 135 cm³/mol. The van der Waals surface area contributed by atoms with Crippen molar-refractivity contribution in [1.82, 2.24) is 19.7 Å². The normalized spacial score (nSPS) is 14.7. The number of pyridine rings is 1. The van der Waals surface area contributed by atoms with Gasteiger partial charge in [0.1, 0.15) is 12.6 Å². The first-order valence-corrected chi connectivity index (χ1v) is 11.6. The number of fused-ring (bicyclic) bond motifs is 1. The topological polar surface area (TPSA) is 117 Å². The molecule has 9 heteroatoms. The number of nitrogens with two attached hydrogens (primary N) is 1. The van der Waals surface area contributed by atoms with E-state index in [9.17, 15) is 4.79 Å². The number of rotatable bonds is 8. The Hall–Kier alpha value is -4.66. The maximum atomic E-state index is 12.6. The van der Waals surface area contributed by atoms with Crippen LogP contribution in [0.5, 0.6) is 11.5 Å². The summed E-state index contributed by atoms with van der Waals surface area (Å²) in [6.45, 7) is 4.57. The summed E-state index contributed by atoms with van der Waals surface area (Å²) in [5, 5.41) is 7.89. The van der Waals surface area contributed by atoms with Crippen molar-refractivity contribution in [3.05, 3.63) is 95.5 Å². The summed E-state index contributed by atoms with van der Waals surface area (Å²) in [7, 11) is 0. The predicted octanol–water partition coefficient (Wildman–Crippen LogP) is 4.09. The molecule has 0 aliphatic carbocycles. The van der Waals surface area contributed by atoms with Gasteiger partial charge in [0.25, 0.3) is 0 Å². The molecular formula is C27H26N6O3. The molecule has 36 heavy (non-hydrogen) atoms. The largest absolute Gasteiger partial charge is 0.490 e. The molecule has 0 radical (unpaired) electrons. The van der Waals surface area contributed by atoms with Crippen molar-refractivity contribution in [2.75, 3.05) is 11.9 Å². The fourth-order valence-corrected chi connectivity index (χ4v) is 4.22. The molecule has 1 atom stereocenters. The number of anilines is 1. The highest BCUT2D eigenvalue weighted by Gasteiger charge is 2.34. The Balaban J connectivity index is 1.55. The van der Waals surface area contributed by atoms with Crippen molar-refractivity contribution < 1.29 is 14.3 Å². The third-order valence-electron chi connectivity index (χ3n) is 5.88. The molecular weight excluding hydrogens is 456 g/mol. The van der Waals surface area contributed by atoms with Crippen molar-refractivity contribution in [2.45, 2.75) is 26.5 Å². The van der Waals surface area contributed by atoms with Crippen LogP contribution in [0.15, 0.2) is 84.3 Å². The van der Waals surface area contributed by atoms with Crippen LogP contribution in [0.2, 0.25) is 0 Å². The first-order valence-electron chi connectivity index (χ1n) is 11.6. The number of hydrogen-bond acceptors (Lipinski definition) is 7. The van der Waals surface area contributed by atoms with Crippen LogP contribution in [-0.4, -0.2) is 32.3 Å². The molecule has 2 aromatic carbocycles. The van der Waals surface area contributed by atoms with Crippen LogP contribution in [0.25, 0.3) is 11.4 Å². The number of aromatic nitrogens is 4. The number of carbonyl (C=O) groups is 1. The second-order valence-electron chi connectivity index (χ2n) is 8.28. The van der Waals surface area contributed by atoms with Gasteiger partial charge < -0.3 is 20.5 Å². The smallest absolute Gasteiger partial charge is 0.248 e. The van der Waals surface area contributed by atoms with E-state index in [4.69, 9.17) is 20.3 Å². The minimum absolute atomic E-state index is 0.397. The first kappa shape index (κ1) is 23.1. The van der Waals surface area contributed by atoms with Gasteiger partial charge in [-0.1, -0.05) is 36.4 Å². The summed E-state index contributed by atoms with van der Waals surface area (Å²) in [5.74, 6) is 1.66. The highest BCUT2D eigenvalue weighted by Crippen LogP contribution is 2.39. The van der Waals surface area contributed by atoms with E-state index in [0.717, 1.165) is 16.7 Å². The van der Waals surface area contributed by atoms with Crippen LogP contribution in [-0.2, 0) is 11.4 Å². The molecule has 1 amide bonds. The Morgan fingerprint density at radius 1 is 1.06 bits per heavy atom. The number of amides is 1. The van der Waals surface area contributed by atoms with Crippen molar-refractivity contribution in [1.29, 1.82) is 0 Å². The highest BCUT2D eigenvalue weighted by molar-refractivity contribution is 5.95. The standard InChI is InChI=1S/C27H26N6O3/c1-3-35-22-15-20(9-10-21(22)36-16-18-7-5-4-6-8-18)24-23(25(28)34)17(2)30-27-31-26(32-33(24)27)19-11-13-29-14-12-19/h4-15,24H,3,16H2,1-2H3,(H2,28,34)(H,30,31,32). The molecule has 0 saturated heterocycles. The van der Waals surface area contributed by atoms with E-state index in [1.165, 1.54) is 0 Å². The van der Waals surface area contributed by atoms with E-state index in [0.29, 0.717) is 47.8 Å². The maximum Gasteiger partial charge on any atom is 0.248 e. The number of carbonyl (C=O) groups excluding carboxylic acids is 1. The SMILES string of the molecule is CCOc1cc(C2C(C(N)=O)=C(C)Nc3nc(-c4ccncc4)nn32)ccc1OCc1ccccc1. The first-order chi connectivity index (χ1) is 17.5. The lowest BCUT2D eigenvalue weighted by molar-refractivity contribution is -0.115. The van der Waals surface area contributed by atoms with E-state index in [1.54, 1.807) is 24.0 Å². The van der Waals surface area contributed by atoms with Crippen molar-refractivity contribution in [3.63, 3.8) is 0 Å². The van der Waals surface area contributed by atoms with Crippen LogP contribution in [0.3, 0.4) is 0 Å². The minimum Gasteiger partial charge on any atom is -0.490 e. The lowest BCUT2D eigenvalue weighted by Gasteiger charge is -2.28. The van der Waals surface area contributed by atoms with Crippen LogP contribution in [0.1, 0.15) is 31.0 Å². The molecule has 3 heterocycles. The molecule has 9 nitrogen and oxygen atoms in total.